The molecule has 1 aliphatic heterocycles. The van der Waals surface area contributed by atoms with Crippen molar-refractivity contribution < 1.29 is 13.5 Å². The number of sulfone groups is 1. The summed E-state index contributed by atoms with van der Waals surface area (Å²) in [6, 6.07) is 0.295. The van der Waals surface area contributed by atoms with E-state index in [0.717, 1.165) is 17.0 Å². The van der Waals surface area contributed by atoms with Gasteiger partial charge in [0.1, 0.15) is 0 Å². The topological polar surface area (TPSA) is 75.4 Å². The molecule has 2 heterocycles. The second-order valence-corrected chi connectivity index (χ2v) is 8.67. The maximum atomic E-state index is 11.7. The van der Waals surface area contributed by atoms with Crippen LogP contribution in [0, 0.1) is 13.8 Å². The Morgan fingerprint density at radius 1 is 1.41 bits per heavy atom. The summed E-state index contributed by atoms with van der Waals surface area (Å²) < 4.78 is 25.5. The van der Waals surface area contributed by atoms with Crippen LogP contribution in [-0.4, -0.2) is 58.9 Å². The van der Waals surface area contributed by atoms with Crippen molar-refractivity contribution in [2.75, 3.05) is 24.7 Å². The molecule has 0 spiro atoms. The van der Waals surface area contributed by atoms with E-state index < -0.39 is 9.84 Å². The van der Waals surface area contributed by atoms with Gasteiger partial charge in [0.05, 0.1) is 23.8 Å². The summed E-state index contributed by atoms with van der Waals surface area (Å²) in [5.74, 6) is 0.451. The summed E-state index contributed by atoms with van der Waals surface area (Å²) >= 11 is 0. The van der Waals surface area contributed by atoms with Crippen molar-refractivity contribution in [1.82, 2.24) is 14.7 Å². The number of hydrogen-bond donors (Lipinski definition) is 1. The molecule has 1 saturated heterocycles. The summed E-state index contributed by atoms with van der Waals surface area (Å²) in [4.78, 5) is 2.09. The van der Waals surface area contributed by atoms with Gasteiger partial charge < -0.3 is 5.11 Å². The molecule has 0 saturated carbocycles. The van der Waals surface area contributed by atoms with Gasteiger partial charge in [-0.3, -0.25) is 9.58 Å². The van der Waals surface area contributed by atoms with Crippen molar-refractivity contribution >= 4 is 9.84 Å². The van der Waals surface area contributed by atoms with Gasteiger partial charge in [0.25, 0.3) is 0 Å². The zero-order chi connectivity index (χ0) is 16.5. The van der Waals surface area contributed by atoms with Crippen LogP contribution in [-0.2, 0) is 16.4 Å². The standard InChI is InChI=1S/C15H27N3O3S/c1-11(2)18-13(4)15(12(3)16-18)9-17(6-7-19)14-5-8-22(20,21)10-14/h11,14,19H,5-10H2,1-4H3. The molecule has 1 N–H and O–H groups in total. The van der Waals surface area contributed by atoms with Crippen LogP contribution in [0.2, 0.25) is 0 Å². The van der Waals surface area contributed by atoms with Gasteiger partial charge in [-0.2, -0.15) is 5.10 Å². The van der Waals surface area contributed by atoms with Crippen molar-refractivity contribution in [2.24, 2.45) is 0 Å². The van der Waals surface area contributed by atoms with Crippen molar-refractivity contribution in [3.05, 3.63) is 17.0 Å². The monoisotopic (exact) mass is 329 g/mol. The van der Waals surface area contributed by atoms with E-state index in [4.69, 9.17) is 0 Å². The molecule has 126 valence electrons. The molecular weight excluding hydrogens is 302 g/mol. The number of nitrogens with zero attached hydrogens (tertiary/aromatic N) is 3. The molecule has 6 nitrogen and oxygen atoms in total. The first kappa shape index (κ1) is 17.4. The van der Waals surface area contributed by atoms with E-state index in [0.29, 0.717) is 25.6 Å². The molecule has 0 aromatic carbocycles. The number of aromatic nitrogens is 2. The minimum Gasteiger partial charge on any atom is -0.395 e. The molecule has 1 fully saturated rings. The number of aliphatic hydroxyl groups is 1. The second kappa shape index (κ2) is 6.68. The molecule has 1 atom stereocenters. The summed E-state index contributed by atoms with van der Waals surface area (Å²) in [7, 11) is -2.92. The molecule has 1 aromatic heterocycles. The minimum atomic E-state index is -2.92. The molecule has 1 unspecified atom stereocenters. The van der Waals surface area contributed by atoms with Crippen LogP contribution in [0.5, 0.6) is 0 Å². The highest BCUT2D eigenvalue weighted by Gasteiger charge is 2.32. The van der Waals surface area contributed by atoms with Crippen molar-refractivity contribution in [2.45, 2.75) is 52.7 Å². The molecule has 0 amide bonds. The highest BCUT2D eigenvalue weighted by molar-refractivity contribution is 7.91. The van der Waals surface area contributed by atoms with Crippen LogP contribution >= 0.6 is 0 Å². The van der Waals surface area contributed by atoms with Gasteiger partial charge in [0.15, 0.2) is 9.84 Å². The third-order valence-corrected chi connectivity index (χ3v) is 6.19. The molecule has 0 bridgehead atoms. The predicted molar refractivity (Wildman–Crippen MR) is 86.6 cm³/mol. The third-order valence-electron chi connectivity index (χ3n) is 4.44. The summed E-state index contributed by atoms with van der Waals surface area (Å²) in [6.45, 7) is 9.40. The van der Waals surface area contributed by atoms with Crippen LogP contribution in [0.25, 0.3) is 0 Å². The maximum Gasteiger partial charge on any atom is 0.151 e. The third kappa shape index (κ3) is 3.70. The summed E-state index contributed by atoms with van der Waals surface area (Å²) in [5, 5.41) is 13.9. The van der Waals surface area contributed by atoms with Crippen molar-refractivity contribution in [3.63, 3.8) is 0 Å². The van der Waals surface area contributed by atoms with Crippen LogP contribution in [0.1, 0.15) is 43.3 Å². The van der Waals surface area contributed by atoms with E-state index in [1.807, 2.05) is 11.6 Å². The zero-order valence-corrected chi connectivity index (χ0v) is 14.7. The van der Waals surface area contributed by atoms with Gasteiger partial charge in [-0.05, 0) is 34.1 Å². The fraction of sp³-hybridized carbons (Fsp3) is 0.800. The van der Waals surface area contributed by atoms with Crippen molar-refractivity contribution in [3.8, 4) is 0 Å². The zero-order valence-electron chi connectivity index (χ0n) is 13.9. The lowest BCUT2D eigenvalue weighted by atomic mass is 10.1. The molecule has 22 heavy (non-hydrogen) atoms. The Labute approximate surface area is 133 Å². The second-order valence-electron chi connectivity index (χ2n) is 6.44. The average Bonchev–Trinajstić information content (AvgIpc) is 2.91. The first-order chi connectivity index (χ1) is 10.2. The molecule has 1 aliphatic rings. The van der Waals surface area contributed by atoms with E-state index in [1.54, 1.807) is 0 Å². The Bertz CT molecular complexity index is 622. The molecular formula is C15H27N3O3S. The Morgan fingerprint density at radius 3 is 2.55 bits per heavy atom. The normalized spacial score (nSPS) is 21.1. The van der Waals surface area contributed by atoms with Gasteiger partial charge in [-0.15, -0.1) is 0 Å². The van der Waals surface area contributed by atoms with Crippen LogP contribution < -0.4 is 0 Å². The van der Waals surface area contributed by atoms with Crippen LogP contribution in [0.15, 0.2) is 0 Å². The SMILES string of the molecule is Cc1nn(C(C)C)c(C)c1CN(CCO)C1CCS(=O)(=O)C1. The lowest BCUT2D eigenvalue weighted by Crippen LogP contribution is -2.38. The van der Waals surface area contributed by atoms with E-state index >= 15 is 0 Å². The van der Waals surface area contributed by atoms with Crippen LogP contribution in [0.3, 0.4) is 0 Å². The Morgan fingerprint density at radius 2 is 2.09 bits per heavy atom. The van der Waals surface area contributed by atoms with E-state index in [1.165, 1.54) is 0 Å². The number of aryl methyl sites for hydroxylation is 1. The average molecular weight is 329 g/mol. The molecule has 7 heteroatoms. The smallest absolute Gasteiger partial charge is 0.151 e. The Hall–Kier alpha value is -0.920. The lowest BCUT2D eigenvalue weighted by molar-refractivity contribution is 0.153. The Balaban J connectivity index is 2.22. The van der Waals surface area contributed by atoms with E-state index in [2.05, 4.69) is 30.8 Å². The van der Waals surface area contributed by atoms with Gasteiger partial charge in [-0.1, -0.05) is 0 Å². The number of aliphatic hydroxyl groups excluding tert-OH is 1. The summed E-state index contributed by atoms with van der Waals surface area (Å²) in [5.41, 5.74) is 3.25. The first-order valence-corrected chi connectivity index (χ1v) is 9.67. The maximum absolute atomic E-state index is 11.7. The van der Waals surface area contributed by atoms with Gasteiger partial charge in [0.2, 0.25) is 0 Å². The Kier molecular flexibility index (Phi) is 5.29. The fourth-order valence-corrected chi connectivity index (χ4v) is 4.98. The highest BCUT2D eigenvalue weighted by Crippen LogP contribution is 2.23. The highest BCUT2D eigenvalue weighted by atomic mass is 32.2. The van der Waals surface area contributed by atoms with Crippen LogP contribution in [0.4, 0.5) is 0 Å². The number of rotatable bonds is 6. The molecule has 2 rings (SSSR count). The largest absolute Gasteiger partial charge is 0.395 e. The van der Waals surface area contributed by atoms with E-state index in [-0.39, 0.29) is 24.2 Å². The minimum absolute atomic E-state index is 0.00153. The number of hydrogen-bond acceptors (Lipinski definition) is 5. The van der Waals surface area contributed by atoms with Crippen molar-refractivity contribution in [1.29, 1.82) is 0 Å². The molecule has 0 aliphatic carbocycles. The summed E-state index contributed by atoms with van der Waals surface area (Å²) in [6.07, 6.45) is 0.652. The lowest BCUT2D eigenvalue weighted by Gasteiger charge is -2.27. The van der Waals surface area contributed by atoms with Gasteiger partial charge in [-0.25, -0.2) is 8.42 Å². The quantitative estimate of drug-likeness (QED) is 0.845. The van der Waals surface area contributed by atoms with E-state index in [9.17, 15) is 13.5 Å². The van der Waals surface area contributed by atoms with Gasteiger partial charge in [0, 0.05) is 36.4 Å². The predicted octanol–water partition coefficient (Wildman–Crippen LogP) is 1.06. The molecule has 1 aromatic rings. The van der Waals surface area contributed by atoms with Gasteiger partial charge >= 0.3 is 0 Å². The first-order valence-electron chi connectivity index (χ1n) is 7.85. The molecule has 0 radical (unpaired) electrons. The fourth-order valence-electron chi connectivity index (χ4n) is 3.21.